The molecule has 0 saturated heterocycles. The Labute approximate surface area is 146 Å². The Morgan fingerprint density at radius 3 is 2.22 bits per heavy atom. The summed E-state index contributed by atoms with van der Waals surface area (Å²) in [6.45, 7) is 4.39. The van der Waals surface area contributed by atoms with Gasteiger partial charge in [0.25, 0.3) is 0 Å². The van der Waals surface area contributed by atoms with Crippen LogP contribution in [0.25, 0.3) is 0 Å². The van der Waals surface area contributed by atoms with Crippen molar-refractivity contribution in [3.63, 3.8) is 0 Å². The summed E-state index contributed by atoms with van der Waals surface area (Å²) in [5.74, 6) is 0.655. The molecule has 6 heteroatoms. The molecule has 3 N–H and O–H groups in total. The van der Waals surface area contributed by atoms with Crippen LogP contribution in [0, 0.1) is 5.92 Å². The molecule has 0 heterocycles. The van der Waals surface area contributed by atoms with Crippen LogP contribution < -0.4 is 10.5 Å². The van der Waals surface area contributed by atoms with E-state index >= 15 is 0 Å². The number of hydrogen-bond donors (Lipinski definition) is 2. The lowest BCUT2D eigenvalue weighted by Crippen LogP contribution is -2.40. The monoisotopic (exact) mass is 360 g/mol. The Hall–Kier alpha value is -0.620. The van der Waals surface area contributed by atoms with Crippen molar-refractivity contribution in [2.75, 3.05) is 0 Å². The summed E-state index contributed by atoms with van der Waals surface area (Å²) >= 11 is 0. The molecule has 0 amide bonds. The first-order chi connectivity index (χ1) is 10.4. The number of rotatable bonds is 6. The van der Waals surface area contributed by atoms with Gasteiger partial charge in [0.15, 0.2) is 0 Å². The zero-order valence-corrected chi connectivity index (χ0v) is 15.6. The lowest BCUT2D eigenvalue weighted by Gasteiger charge is -2.26. The number of aryl methyl sites for hydroxylation is 1. The molecule has 4 nitrogen and oxygen atoms in total. The van der Waals surface area contributed by atoms with Gasteiger partial charge in [0.1, 0.15) is 0 Å². The fourth-order valence-corrected chi connectivity index (χ4v) is 4.12. The molecule has 0 radical (unpaired) electrons. The highest BCUT2D eigenvalue weighted by molar-refractivity contribution is 7.89. The highest BCUT2D eigenvalue weighted by atomic mass is 35.5. The van der Waals surface area contributed by atoms with Gasteiger partial charge in [0.05, 0.1) is 4.90 Å². The van der Waals surface area contributed by atoms with Gasteiger partial charge in [0.2, 0.25) is 10.0 Å². The van der Waals surface area contributed by atoms with E-state index in [1.807, 2.05) is 12.1 Å². The number of nitrogens with one attached hydrogen (secondary N) is 1. The number of benzene rings is 1. The molecular weight excluding hydrogens is 332 g/mol. The van der Waals surface area contributed by atoms with E-state index in [2.05, 4.69) is 18.6 Å². The largest absolute Gasteiger partial charge is 0.328 e. The van der Waals surface area contributed by atoms with Gasteiger partial charge in [-0.3, -0.25) is 0 Å². The number of hydrogen-bond acceptors (Lipinski definition) is 3. The average Bonchev–Trinajstić information content (AvgIpc) is 2.48. The first-order valence-corrected chi connectivity index (χ1v) is 9.72. The van der Waals surface area contributed by atoms with E-state index in [1.165, 1.54) is 5.56 Å². The average molecular weight is 361 g/mol. The summed E-state index contributed by atoms with van der Waals surface area (Å²) in [6.07, 6.45) is 5.54. The summed E-state index contributed by atoms with van der Waals surface area (Å²) < 4.78 is 27.7. The van der Waals surface area contributed by atoms with E-state index in [1.54, 1.807) is 12.1 Å². The van der Waals surface area contributed by atoms with Crippen molar-refractivity contribution in [3.05, 3.63) is 29.8 Å². The summed E-state index contributed by atoms with van der Waals surface area (Å²) in [5, 5.41) is 0. The second-order valence-electron chi connectivity index (χ2n) is 6.81. The molecule has 0 spiro atoms. The van der Waals surface area contributed by atoms with E-state index in [0.29, 0.717) is 10.8 Å². The highest BCUT2D eigenvalue weighted by Crippen LogP contribution is 2.20. The Morgan fingerprint density at radius 1 is 1.13 bits per heavy atom. The SMILES string of the molecule is CC(C)CCc1ccc(S(=O)(=O)NC2CCC(N)CC2)cc1.Cl. The van der Waals surface area contributed by atoms with Crippen molar-refractivity contribution >= 4 is 22.4 Å². The third-order valence-electron chi connectivity index (χ3n) is 4.34. The van der Waals surface area contributed by atoms with Crippen LogP contribution in [0.2, 0.25) is 0 Å². The van der Waals surface area contributed by atoms with Crippen LogP contribution in [0.1, 0.15) is 51.5 Å². The van der Waals surface area contributed by atoms with Crippen molar-refractivity contribution in [2.24, 2.45) is 11.7 Å². The van der Waals surface area contributed by atoms with Crippen LogP contribution in [0.3, 0.4) is 0 Å². The summed E-state index contributed by atoms with van der Waals surface area (Å²) in [6, 6.07) is 7.52. The third-order valence-corrected chi connectivity index (χ3v) is 5.87. The third kappa shape index (κ3) is 6.42. The smallest absolute Gasteiger partial charge is 0.240 e. The molecule has 0 atom stereocenters. The van der Waals surface area contributed by atoms with Crippen LogP contribution in [-0.4, -0.2) is 20.5 Å². The Balaban J connectivity index is 0.00000264. The maximum Gasteiger partial charge on any atom is 0.240 e. The molecule has 1 aliphatic carbocycles. The van der Waals surface area contributed by atoms with Gasteiger partial charge in [-0.2, -0.15) is 0 Å². The lowest BCUT2D eigenvalue weighted by molar-refractivity contribution is 0.373. The van der Waals surface area contributed by atoms with Gasteiger partial charge in [0, 0.05) is 12.1 Å². The van der Waals surface area contributed by atoms with Crippen molar-refractivity contribution in [2.45, 2.75) is 69.4 Å². The molecule has 0 aromatic heterocycles. The van der Waals surface area contributed by atoms with Gasteiger partial charge in [-0.15, -0.1) is 12.4 Å². The molecule has 1 fully saturated rings. The van der Waals surface area contributed by atoms with Crippen LogP contribution in [-0.2, 0) is 16.4 Å². The first kappa shape index (κ1) is 20.4. The van der Waals surface area contributed by atoms with Crippen molar-refractivity contribution in [1.29, 1.82) is 0 Å². The first-order valence-electron chi connectivity index (χ1n) is 8.23. The molecule has 1 aromatic rings. The van der Waals surface area contributed by atoms with E-state index in [9.17, 15) is 8.42 Å². The fourth-order valence-electron chi connectivity index (χ4n) is 2.82. The number of sulfonamides is 1. The van der Waals surface area contributed by atoms with Gasteiger partial charge in [-0.25, -0.2) is 13.1 Å². The fraction of sp³-hybridized carbons (Fsp3) is 0.647. The van der Waals surface area contributed by atoms with E-state index in [-0.39, 0.29) is 24.5 Å². The summed E-state index contributed by atoms with van der Waals surface area (Å²) in [5.41, 5.74) is 7.05. The summed E-state index contributed by atoms with van der Waals surface area (Å²) in [4.78, 5) is 0.357. The topological polar surface area (TPSA) is 72.2 Å². The Bertz CT molecular complexity index is 565. The van der Waals surface area contributed by atoms with E-state index in [0.717, 1.165) is 38.5 Å². The minimum absolute atomic E-state index is 0. The molecule has 23 heavy (non-hydrogen) atoms. The van der Waals surface area contributed by atoms with Crippen molar-refractivity contribution in [1.82, 2.24) is 4.72 Å². The molecule has 132 valence electrons. The summed E-state index contributed by atoms with van der Waals surface area (Å²) in [7, 11) is -3.42. The van der Waals surface area contributed by atoms with E-state index < -0.39 is 10.0 Å². The molecule has 1 aromatic carbocycles. The Kier molecular flexibility index (Phi) is 8.01. The molecule has 0 unspecified atom stereocenters. The quantitative estimate of drug-likeness (QED) is 0.817. The highest BCUT2D eigenvalue weighted by Gasteiger charge is 2.24. The number of nitrogens with two attached hydrogens (primary N) is 1. The van der Waals surface area contributed by atoms with Crippen LogP contribution in [0.5, 0.6) is 0 Å². The number of halogens is 1. The zero-order valence-electron chi connectivity index (χ0n) is 14.0. The van der Waals surface area contributed by atoms with Crippen molar-refractivity contribution in [3.8, 4) is 0 Å². The second-order valence-corrected chi connectivity index (χ2v) is 8.52. The molecule has 0 aliphatic heterocycles. The van der Waals surface area contributed by atoms with Gasteiger partial charge < -0.3 is 5.73 Å². The van der Waals surface area contributed by atoms with Gasteiger partial charge >= 0.3 is 0 Å². The van der Waals surface area contributed by atoms with Gasteiger partial charge in [-0.05, 0) is 62.1 Å². The predicted molar refractivity (Wildman–Crippen MR) is 97.4 cm³/mol. The maximum absolute atomic E-state index is 12.4. The molecule has 1 saturated carbocycles. The van der Waals surface area contributed by atoms with Crippen LogP contribution in [0.4, 0.5) is 0 Å². The zero-order chi connectivity index (χ0) is 16.2. The minimum atomic E-state index is -3.42. The van der Waals surface area contributed by atoms with Gasteiger partial charge in [-0.1, -0.05) is 26.0 Å². The molecular formula is C17H29ClN2O2S. The van der Waals surface area contributed by atoms with E-state index in [4.69, 9.17) is 5.73 Å². The normalized spacial score (nSPS) is 21.9. The maximum atomic E-state index is 12.4. The van der Waals surface area contributed by atoms with Crippen molar-refractivity contribution < 1.29 is 8.42 Å². The Morgan fingerprint density at radius 2 is 1.70 bits per heavy atom. The molecule has 2 rings (SSSR count). The molecule has 1 aliphatic rings. The van der Waals surface area contributed by atoms with Crippen LogP contribution >= 0.6 is 12.4 Å². The molecule has 0 bridgehead atoms. The van der Waals surface area contributed by atoms with Crippen LogP contribution in [0.15, 0.2) is 29.2 Å². The standard InChI is InChI=1S/C17H28N2O2S.ClH/c1-13(2)3-4-14-5-11-17(12-6-14)22(20,21)19-16-9-7-15(18)8-10-16;/h5-6,11-13,15-16,19H,3-4,7-10,18H2,1-2H3;1H. The predicted octanol–water partition coefficient (Wildman–Crippen LogP) is 3.25. The minimum Gasteiger partial charge on any atom is -0.328 e. The second kappa shape index (κ2) is 9.02. The lowest BCUT2D eigenvalue weighted by atomic mass is 9.93.